The first-order valence-corrected chi connectivity index (χ1v) is 7.25. The van der Waals surface area contributed by atoms with Gasteiger partial charge < -0.3 is 19.7 Å². The van der Waals surface area contributed by atoms with Crippen molar-refractivity contribution in [2.24, 2.45) is 5.92 Å². The van der Waals surface area contributed by atoms with Crippen LogP contribution in [0.4, 0.5) is 14.5 Å². The Hall–Kier alpha value is -1.56. The molecule has 1 aromatic carbocycles. The van der Waals surface area contributed by atoms with E-state index in [0.717, 1.165) is 18.8 Å². The van der Waals surface area contributed by atoms with Gasteiger partial charge in [0.15, 0.2) is 11.5 Å². The topological polar surface area (TPSA) is 33.7 Å². The first-order valence-electron chi connectivity index (χ1n) is 7.25. The molecule has 4 nitrogen and oxygen atoms in total. The molecule has 2 aliphatic heterocycles. The zero-order valence-electron chi connectivity index (χ0n) is 12.4. The van der Waals surface area contributed by atoms with Gasteiger partial charge in [-0.05, 0) is 25.0 Å². The summed E-state index contributed by atoms with van der Waals surface area (Å²) in [5.74, 6) is 0.703. The maximum atomic E-state index is 13.1. The van der Waals surface area contributed by atoms with Gasteiger partial charge in [0, 0.05) is 36.9 Å². The van der Waals surface area contributed by atoms with Gasteiger partial charge in [-0.25, -0.2) is 0 Å². The van der Waals surface area contributed by atoms with Crippen molar-refractivity contribution in [1.29, 1.82) is 0 Å². The molecule has 2 heterocycles. The fourth-order valence-corrected chi connectivity index (χ4v) is 2.81. The zero-order chi connectivity index (χ0) is 15.2. The second-order valence-corrected chi connectivity index (χ2v) is 6.06. The number of nitrogens with zero attached hydrogens (tertiary/aromatic N) is 1. The molecule has 2 unspecified atom stereocenters. The lowest BCUT2D eigenvalue weighted by Gasteiger charge is -2.42. The van der Waals surface area contributed by atoms with Gasteiger partial charge in [0.2, 0.25) is 0 Å². The van der Waals surface area contributed by atoms with Gasteiger partial charge >= 0.3 is 6.29 Å². The summed E-state index contributed by atoms with van der Waals surface area (Å²) in [5, 5.41) is 3.52. The highest BCUT2D eigenvalue weighted by Gasteiger charge is 2.43. The number of halogens is 2. The van der Waals surface area contributed by atoms with E-state index in [1.165, 1.54) is 0 Å². The fourth-order valence-electron chi connectivity index (χ4n) is 2.81. The molecular weight excluding hydrogens is 278 g/mol. The Kier molecular flexibility index (Phi) is 3.43. The second-order valence-electron chi connectivity index (χ2n) is 6.06. The van der Waals surface area contributed by atoms with Crippen molar-refractivity contribution in [3.8, 4) is 11.5 Å². The van der Waals surface area contributed by atoms with Crippen LogP contribution in [0.15, 0.2) is 18.2 Å². The molecule has 116 valence electrons. The number of hydrogen-bond acceptors (Lipinski definition) is 4. The van der Waals surface area contributed by atoms with Crippen molar-refractivity contribution in [2.75, 3.05) is 18.0 Å². The Morgan fingerprint density at radius 3 is 2.71 bits per heavy atom. The normalized spacial score (nSPS) is 27.2. The van der Waals surface area contributed by atoms with Gasteiger partial charge in [0.05, 0.1) is 0 Å². The Bertz CT molecular complexity index is 536. The maximum Gasteiger partial charge on any atom is 0.586 e. The van der Waals surface area contributed by atoms with Gasteiger partial charge in [-0.3, -0.25) is 0 Å². The predicted octanol–water partition coefficient (Wildman–Crippen LogP) is 2.83. The van der Waals surface area contributed by atoms with Gasteiger partial charge in [-0.1, -0.05) is 13.8 Å². The molecule has 1 N–H and O–H groups in total. The number of benzene rings is 1. The van der Waals surface area contributed by atoms with Gasteiger partial charge in [-0.2, -0.15) is 0 Å². The van der Waals surface area contributed by atoms with Crippen molar-refractivity contribution in [2.45, 2.75) is 39.1 Å². The smallest absolute Gasteiger partial charge is 0.395 e. The summed E-state index contributed by atoms with van der Waals surface area (Å²) in [7, 11) is 0. The third kappa shape index (κ3) is 2.77. The fraction of sp³-hybridized carbons (Fsp3) is 0.600. The van der Waals surface area contributed by atoms with Crippen molar-refractivity contribution in [3.63, 3.8) is 0 Å². The molecule has 3 rings (SSSR count). The molecule has 2 aliphatic rings. The zero-order valence-corrected chi connectivity index (χ0v) is 12.4. The molecule has 1 fully saturated rings. The summed E-state index contributed by atoms with van der Waals surface area (Å²) in [5.41, 5.74) is 0.884. The molecule has 1 saturated heterocycles. The van der Waals surface area contributed by atoms with Crippen molar-refractivity contribution >= 4 is 5.69 Å². The Balaban J connectivity index is 1.84. The molecule has 6 heteroatoms. The SMILES string of the molecule is CC(C)C1CN(c2ccc3c(c2)OC(F)(F)O3)C(C)CN1. The number of hydrogen-bond donors (Lipinski definition) is 1. The predicted molar refractivity (Wildman–Crippen MR) is 76.1 cm³/mol. The number of anilines is 1. The number of rotatable bonds is 2. The standard InChI is InChI=1S/C15H20F2N2O2/c1-9(2)12-8-19(10(3)7-18-12)11-4-5-13-14(6-11)21-15(16,17)20-13/h4-6,9-10,12,18H,7-8H2,1-3H3. The molecule has 0 bridgehead atoms. The Morgan fingerprint density at radius 1 is 1.29 bits per heavy atom. The molecule has 2 atom stereocenters. The summed E-state index contributed by atoms with van der Waals surface area (Å²) in [6, 6.07) is 5.66. The summed E-state index contributed by atoms with van der Waals surface area (Å²) < 4.78 is 35.1. The summed E-state index contributed by atoms with van der Waals surface area (Å²) in [6.07, 6.45) is -3.56. The quantitative estimate of drug-likeness (QED) is 0.910. The van der Waals surface area contributed by atoms with Crippen molar-refractivity contribution < 1.29 is 18.3 Å². The van der Waals surface area contributed by atoms with Crippen molar-refractivity contribution in [1.82, 2.24) is 5.32 Å². The number of fused-ring (bicyclic) bond motifs is 1. The summed E-state index contributed by atoms with van der Waals surface area (Å²) in [4.78, 5) is 2.22. The minimum Gasteiger partial charge on any atom is -0.395 e. The van der Waals surface area contributed by atoms with Crippen LogP contribution in [0.2, 0.25) is 0 Å². The van der Waals surface area contributed by atoms with Crippen LogP contribution in [-0.4, -0.2) is 31.5 Å². The molecule has 0 aliphatic carbocycles. The van der Waals surface area contributed by atoms with Crippen LogP contribution in [0, 0.1) is 5.92 Å². The van der Waals surface area contributed by atoms with E-state index in [1.807, 2.05) is 6.07 Å². The van der Waals surface area contributed by atoms with Crippen LogP contribution in [0.1, 0.15) is 20.8 Å². The first-order chi connectivity index (χ1) is 9.85. The first kappa shape index (κ1) is 14.4. The molecule has 0 aromatic heterocycles. The van der Waals surface area contributed by atoms with E-state index in [4.69, 9.17) is 0 Å². The number of piperazine rings is 1. The van der Waals surface area contributed by atoms with Crippen LogP contribution in [-0.2, 0) is 0 Å². The average Bonchev–Trinajstić information content (AvgIpc) is 2.71. The van der Waals surface area contributed by atoms with Crippen LogP contribution in [0.25, 0.3) is 0 Å². The highest BCUT2D eigenvalue weighted by atomic mass is 19.3. The van der Waals surface area contributed by atoms with E-state index in [0.29, 0.717) is 18.0 Å². The van der Waals surface area contributed by atoms with E-state index in [2.05, 4.69) is 40.5 Å². The van der Waals surface area contributed by atoms with E-state index >= 15 is 0 Å². The number of ether oxygens (including phenoxy) is 2. The number of nitrogens with one attached hydrogen (secondary N) is 1. The lowest BCUT2D eigenvalue weighted by molar-refractivity contribution is -0.286. The largest absolute Gasteiger partial charge is 0.586 e. The van der Waals surface area contributed by atoms with Crippen LogP contribution < -0.4 is 19.7 Å². The third-order valence-corrected chi connectivity index (χ3v) is 4.12. The minimum atomic E-state index is -3.56. The highest BCUT2D eigenvalue weighted by Crippen LogP contribution is 2.43. The molecule has 21 heavy (non-hydrogen) atoms. The summed E-state index contributed by atoms with van der Waals surface area (Å²) >= 11 is 0. The van der Waals surface area contributed by atoms with Gasteiger partial charge in [-0.15, -0.1) is 8.78 Å². The van der Waals surface area contributed by atoms with E-state index in [-0.39, 0.29) is 11.5 Å². The highest BCUT2D eigenvalue weighted by molar-refractivity contribution is 5.58. The van der Waals surface area contributed by atoms with E-state index in [9.17, 15) is 8.78 Å². The Labute approximate surface area is 123 Å². The van der Waals surface area contributed by atoms with Gasteiger partial charge in [0.1, 0.15) is 0 Å². The van der Waals surface area contributed by atoms with Crippen molar-refractivity contribution in [3.05, 3.63) is 18.2 Å². The Morgan fingerprint density at radius 2 is 2.00 bits per heavy atom. The number of alkyl halides is 2. The molecule has 0 spiro atoms. The summed E-state index contributed by atoms with van der Waals surface area (Å²) in [6.45, 7) is 8.17. The van der Waals surface area contributed by atoms with Gasteiger partial charge in [0.25, 0.3) is 0 Å². The molecule has 0 amide bonds. The van der Waals surface area contributed by atoms with Crippen LogP contribution >= 0.6 is 0 Å². The lowest BCUT2D eigenvalue weighted by Crippen LogP contribution is -2.57. The third-order valence-electron chi connectivity index (χ3n) is 4.12. The van der Waals surface area contributed by atoms with E-state index in [1.54, 1.807) is 12.1 Å². The molecular formula is C15H20F2N2O2. The maximum absolute atomic E-state index is 13.1. The monoisotopic (exact) mass is 298 g/mol. The molecule has 0 radical (unpaired) electrons. The minimum absolute atomic E-state index is 0.0898. The van der Waals surface area contributed by atoms with Crippen LogP contribution in [0.3, 0.4) is 0 Å². The molecule has 1 aromatic rings. The van der Waals surface area contributed by atoms with Crippen LogP contribution in [0.5, 0.6) is 11.5 Å². The second kappa shape index (κ2) is 5.02. The lowest BCUT2D eigenvalue weighted by atomic mass is 9.99. The molecule has 0 saturated carbocycles. The average molecular weight is 298 g/mol. The van der Waals surface area contributed by atoms with E-state index < -0.39 is 6.29 Å².